The minimum absolute atomic E-state index is 0.0655. The monoisotopic (exact) mass is 645 g/mol. The van der Waals surface area contributed by atoms with E-state index in [-0.39, 0.29) is 19.1 Å². The van der Waals surface area contributed by atoms with E-state index >= 15 is 0 Å². The number of hydrogen-bond acceptors (Lipinski definition) is 10. The van der Waals surface area contributed by atoms with Crippen molar-refractivity contribution in [3.05, 3.63) is 28.4 Å². The van der Waals surface area contributed by atoms with Gasteiger partial charge < -0.3 is 33.3 Å². The number of phosphoric ester groups is 1. The summed E-state index contributed by atoms with van der Waals surface area (Å²) in [7, 11) is -4.60. The number of rotatable bonds is 27. The molecule has 43 heavy (non-hydrogen) atoms. The Kier molecular flexibility index (Phi) is 20.3. The number of hydrogen-bond donors (Lipinski definition) is 1. The van der Waals surface area contributed by atoms with Gasteiger partial charge in [-0.1, -0.05) is 108 Å². The van der Waals surface area contributed by atoms with E-state index in [1.807, 2.05) is 5.38 Å². The number of thiazole rings is 1. The van der Waals surface area contributed by atoms with Gasteiger partial charge in [0.05, 0.1) is 25.0 Å². The number of aromatic nitrogens is 2. The van der Waals surface area contributed by atoms with Gasteiger partial charge in [0.2, 0.25) is 5.01 Å². The molecule has 0 fully saturated rings. The van der Waals surface area contributed by atoms with Crippen LogP contribution < -0.4 is 19.9 Å². The molecule has 0 bridgehead atoms. The number of alkyl carbamates (subject to hydrolysis) is 1. The van der Waals surface area contributed by atoms with Gasteiger partial charge in [0, 0.05) is 12.6 Å². The van der Waals surface area contributed by atoms with Crippen LogP contribution in [-0.4, -0.2) is 43.7 Å². The van der Waals surface area contributed by atoms with Gasteiger partial charge in [-0.2, -0.15) is 0 Å². The van der Waals surface area contributed by atoms with Crippen molar-refractivity contribution in [1.29, 1.82) is 0 Å². The van der Waals surface area contributed by atoms with Gasteiger partial charge in [-0.25, -0.2) is 9.78 Å². The first kappa shape index (κ1) is 37.2. The molecule has 0 aliphatic rings. The molecule has 1 amide bonds. The predicted octanol–water partition coefficient (Wildman–Crippen LogP) is 6.95. The molecule has 11 nitrogen and oxygen atoms in total. The first-order valence-electron chi connectivity index (χ1n) is 15.9. The van der Waals surface area contributed by atoms with E-state index in [0.29, 0.717) is 18.7 Å². The van der Waals surface area contributed by atoms with Crippen molar-refractivity contribution in [2.24, 2.45) is 0 Å². The van der Waals surface area contributed by atoms with E-state index in [9.17, 15) is 14.3 Å². The lowest BCUT2D eigenvalue weighted by atomic mass is 10.0. The molecule has 2 unspecified atom stereocenters. The summed E-state index contributed by atoms with van der Waals surface area (Å²) in [5, 5.41) is 9.21. The van der Waals surface area contributed by atoms with Gasteiger partial charge in [0.15, 0.2) is 12.3 Å². The molecule has 0 aliphatic carbocycles. The third kappa shape index (κ3) is 19.8. The summed E-state index contributed by atoms with van der Waals surface area (Å²) in [5.41, 5.74) is 0. The Labute approximate surface area is 261 Å². The highest BCUT2D eigenvalue weighted by molar-refractivity contribution is 7.45. The smallest absolute Gasteiger partial charge is 0.407 e. The van der Waals surface area contributed by atoms with Crippen molar-refractivity contribution in [3.8, 4) is 5.88 Å². The van der Waals surface area contributed by atoms with Crippen LogP contribution in [0.3, 0.4) is 0 Å². The topological polar surface area (TPSA) is 146 Å². The van der Waals surface area contributed by atoms with Crippen molar-refractivity contribution in [1.82, 2.24) is 10.5 Å². The summed E-state index contributed by atoms with van der Waals surface area (Å²) < 4.78 is 38.0. The zero-order valence-corrected chi connectivity index (χ0v) is 27.7. The number of unbranched alkanes of at least 4 members (excludes halogenated alkanes) is 14. The third-order valence-corrected chi connectivity index (χ3v) is 8.71. The molecule has 246 valence electrons. The molecule has 2 N–H and O–H groups in total. The van der Waals surface area contributed by atoms with Gasteiger partial charge in [-0.3, -0.25) is 4.57 Å². The Bertz CT molecular complexity index is 1010. The minimum Gasteiger partial charge on any atom is -0.756 e. The van der Waals surface area contributed by atoms with Crippen molar-refractivity contribution in [2.75, 3.05) is 26.4 Å². The van der Waals surface area contributed by atoms with Crippen LogP contribution in [0, 0.1) is 6.92 Å². The van der Waals surface area contributed by atoms with Crippen molar-refractivity contribution < 1.29 is 42.3 Å². The Hall–Kier alpha value is -1.98. The number of ether oxygens (including phenoxy) is 2. The molecule has 2 heterocycles. The molecule has 0 spiro atoms. The summed E-state index contributed by atoms with van der Waals surface area (Å²) in [6.07, 6.45) is 19.8. The number of carbonyl (C=O) groups excluding carboxylic acids is 1. The molecular weight excluding hydrogens is 593 g/mol. The maximum atomic E-state index is 12.2. The average Bonchev–Trinajstić information content (AvgIpc) is 3.65. The Morgan fingerprint density at radius 3 is 2.19 bits per heavy atom. The maximum absolute atomic E-state index is 12.2. The van der Waals surface area contributed by atoms with E-state index in [1.54, 1.807) is 13.1 Å². The SMILES string of the molecule is CCCCCCCCCCCCCCCCCNC(=O)OCC(COP(=O)([O-])OCCc1[nH+]ccs1)Oc1cc(C)on1. The fourth-order valence-electron chi connectivity index (χ4n) is 4.46. The number of H-pyrrole nitrogens is 1. The number of phosphoric acid groups is 1. The summed E-state index contributed by atoms with van der Waals surface area (Å²) >= 11 is 1.46. The number of amides is 1. The largest absolute Gasteiger partial charge is 0.756 e. The van der Waals surface area contributed by atoms with Crippen LogP contribution in [0.1, 0.15) is 114 Å². The van der Waals surface area contributed by atoms with E-state index in [2.05, 4.69) is 22.4 Å². The Morgan fingerprint density at radius 1 is 1.00 bits per heavy atom. The average molecular weight is 646 g/mol. The molecule has 0 saturated carbocycles. The fraction of sp³-hybridized carbons (Fsp3) is 0.767. The Balaban J connectivity index is 1.53. The number of nitrogens with zero attached hydrogens (tertiary/aromatic N) is 1. The zero-order chi connectivity index (χ0) is 31.0. The Morgan fingerprint density at radius 2 is 1.63 bits per heavy atom. The lowest BCUT2D eigenvalue weighted by Gasteiger charge is -2.25. The normalized spacial score (nSPS) is 13.5. The third-order valence-electron chi connectivity index (χ3n) is 6.86. The molecular formula is C30H52N3O8PS. The van der Waals surface area contributed by atoms with Crippen LogP contribution in [-0.2, 0) is 24.8 Å². The highest BCUT2D eigenvalue weighted by Gasteiger charge is 2.20. The number of carbonyl (C=O) groups is 1. The molecule has 0 aliphatic heterocycles. The highest BCUT2D eigenvalue weighted by atomic mass is 32.1. The standard InChI is InChI=1S/C30H52N3O8PS/c1-3-4-5-6-7-8-9-10-11-12-13-14-15-16-17-19-32-30(34)37-24-27(40-28-23-26(2)41-33-28)25-39-42(35,36)38-21-18-29-31-20-22-43-29/h20,22-23,27H,3-19,21,24-25H2,1-2H3,(H,32,34)(H,35,36). The van der Waals surface area contributed by atoms with E-state index in [0.717, 1.165) is 24.3 Å². The van der Waals surface area contributed by atoms with E-state index in [1.165, 1.54) is 94.5 Å². The summed E-state index contributed by atoms with van der Waals surface area (Å²) in [6, 6.07) is 1.54. The van der Waals surface area contributed by atoms with Crippen LogP contribution in [0.15, 0.2) is 22.2 Å². The van der Waals surface area contributed by atoms with Crippen LogP contribution in [0.25, 0.3) is 0 Å². The van der Waals surface area contributed by atoms with E-state index < -0.39 is 26.6 Å². The van der Waals surface area contributed by atoms with E-state index in [4.69, 9.17) is 23.0 Å². The molecule has 0 radical (unpaired) electrons. The predicted molar refractivity (Wildman–Crippen MR) is 164 cm³/mol. The summed E-state index contributed by atoms with van der Waals surface area (Å²) in [6.45, 7) is 3.72. The van der Waals surface area contributed by atoms with Crippen LogP contribution in [0.2, 0.25) is 0 Å². The first-order valence-corrected chi connectivity index (χ1v) is 18.3. The maximum Gasteiger partial charge on any atom is 0.407 e. The van der Waals surface area contributed by atoms with Crippen molar-refractivity contribution in [2.45, 2.75) is 123 Å². The van der Waals surface area contributed by atoms with Crippen LogP contribution >= 0.6 is 19.2 Å². The van der Waals surface area contributed by atoms with Crippen LogP contribution in [0.5, 0.6) is 5.88 Å². The van der Waals surface area contributed by atoms with Crippen molar-refractivity contribution >= 4 is 25.3 Å². The second-order valence-corrected chi connectivity index (χ2v) is 13.2. The molecule has 2 aromatic rings. The van der Waals surface area contributed by atoms with Gasteiger partial charge in [0.25, 0.3) is 13.7 Å². The van der Waals surface area contributed by atoms with Gasteiger partial charge in [-0.15, -0.1) is 0 Å². The number of aromatic amines is 1. The van der Waals surface area contributed by atoms with Gasteiger partial charge in [-0.05, 0) is 18.5 Å². The number of aryl methyl sites for hydroxylation is 1. The molecule has 13 heteroatoms. The fourth-order valence-corrected chi connectivity index (χ4v) is 5.84. The summed E-state index contributed by atoms with van der Waals surface area (Å²) in [4.78, 5) is 27.4. The summed E-state index contributed by atoms with van der Waals surface area (Å²) in [5.74, 6) is 0.642. The first-order chi connectivity index (χ1) is 20.9. The molecule has 0 aromatic carbocycles. The second kappa shape index (κ2) is 23.4. The quantitative estimate of drug-likeness (QED) is 0.0805. The molecule has 2 aromatic heterocycles. The molecule has 2 atom stereocenters. The molecule has 0 saturated heterocycles. The molecule has 2 rings (SSSR count). The van der Waals surface area contributed by atoms with Crippen LogP contribution in [0.4, 0.5) is 4.79 Å². The second-order valence-electron chi connectivity index (χ2n) is 10.8. The lowest BCUT2D eigenvalue weighted by Crippen LogP contribution is -2.34. The highest BCUT2D eigenvalue weighted by Crippen LogP contribution is 2.38. The zero-order valence-electron chi connectivity index (χ0n) is 26.0. The number of nitrogens with one attached hydrogen (secondary N) is 2. The van der Waals surface area contributed by atoms with Gasteiger partial charge >= 0.3 is 6.09 Å². The van der Waals surface area contributed by atoms with Gasteiger partial charge in [0.1, 0.15) is 12.4 Å². The minimum atomic E-state index is -4.60. The lowest BCUT2D eigenvalue weighted by molar-refractivity contribution is -0.382. The van der Waals surface area contributed by atoms with Crippen molar-refractivity contribution in [3.63, 3.8) is 0 Å².